The van der Waals surface area contributed by atoms with Gasteiger partial charge in [-0.1, -0.05) is 37.6 Å². The lowest BCUT2D eigenvalue weighted by Crippen LogP contribution is -2.43. The van der Waals surface area contributed by atoms with E-state index in [0.717, 1.165) is 30.4 Å². The molecule has 0 aromatic heterocycles. The molecule has 3 fully saturated rings. The second kappa shape index (κ2) is 5.59. The van der Waals surface area contributed by atoms with Crippen LogP contribution in [0.15, 0.2) is 24.3 Å². The van der Waals surface area contributed by atoms with Crippen LogP contribution >= 0.6 is 11.6 Å². The fraction of sp³-hybridized carbons (Fsp3) is 0.550. The Kier molecular flexibility index (Phi) is 3.88. The summed E-state index contributed by atoms with van der Waals surface area (Å²) in [5.74, 6) is 0.162. The molecule has 2 aliphatic carbocycles. The molecule has 3 aliphatic rings. The van der Waals surface area contributed by atoms with Crippen molar-refractivity contribution in [3.05, 3.63) is 40.4 Å². The summed E-state index contributed by atoms with van der Waals surface area (Å²) < 4.78 is 26.9. The van der Waals surface area contributed by atoms with Crippen LogP contribution in [0, 0.1) is 23.7 Å². The third-order valence-electron chi connectivity index (χ3n) is 7.24. The SMILES string of the molecule is Cc1ccc(C=CC(=O)N2[C@H]3C[C@@H]4CC[C@]3(CS2(=O)=O)C4(C)C)cc1Cl. The maximum atomic E-state index is 12.8. The van der Waals surface area contributed by atoms with Gasteiger partial charge in [0.25, 0.3) is 5.91 Å². The maximum absolute atomic E-state index is 12.8. The number of aryl methyl sites for hydroxylation is 1. The molecular formula is C20H24ClNO3S. The van der Waals surface area contributed by atoms with Crippen molar-refractivity contribution in [3.8, 4) is 0 Å². The lowest BCUT2D eigenvalue weighted by Gasteiger charge is -2.36. The summed E-state index contributed by atoms with van der Waals surface area (Å²) in [5.41, 5.74) is 1.43. The van der Waals surface area contributed by atoms with Crippen LogP contribution in [0.1, 0.15) is 44.2 Å². The Hall–Kier alpha value is -1.33. The number of hydrogen-bond acceptors (Lipinski definition) is 3. The fourth-order valence-electron chi connectivity index (χ4n) is 5.53. The van der Waals surface area contributed by atoms with Gasteiger partial charge < -0.3 is 0 Å². The first-order valence-corrected chi connectivity index (χ1v) is 11.1. The highest BCUT2D eigenvalue weighted by Crippen LogP contribution is 2.69. The summed E-state index contributed by atoms with van der Waals surface area (Å²) in [6, 6.07) is 5.33. The van der Waals surface area contributed by atoms with Crippen molar-refractivity contribution in [2.45, 2.75) is 46.1 Å². The molecule has 0 unspecified atom stereocenters. The molecule has 26 heavy (non-hydrogen) atoms. The number of carbonyl (C=O) groups is 1. The molecule has 4 rings (SSSR count). The predicted octanol–water partition coefficient (Wildman–Crippen LogP) is 4.03. The highest BCUT2D eigenvalue weighted by molar-refractivity contribution is 7.90. The highest BCUT2D eigenvalue weighted by atomic mass is 35.5. The number of amides is 1. The van der Waals surface area contributed by atoms with Gasteiger partial charge in [-0.2, -0.15) is 0 Å². The number of hydrogen-bond donors (Lipinski definition) is 0. The topological polar surface area (TPSA) is 54.5 Å². The lowest BCUT2D eigenvalue weighted by molar-refractivity contribution is -0.123. The van der Waals surface area contributed by atoms with Crippen LogP contribution in [0.3, 0.4) is 0 Å². The number of halogens is 1. The summed E-state index contributed by atoms with van der Waals surface area (Å²) in [6.45, 7) is 6.27. The average molecular weight is 394 g/mol. The molecule has 1 aliphatic heterocycles. The number of carbonyl (C=O) groups excluding carboxylic acids is 1. The Morgan fingerprint density at radius 2 is 2.08 bits per heavy atom. The minimum absolute atomic E-state index is 0.0338. The first-order chi connectivity index (χ1) is 12.1. The highest BCUT2D eigenvalue weighted by Gasteiger charge is 2.72. The van der Waals surface area contributed by atoms with E-state index in [1.165, 1.54) is 10.4 Å². The van der Waals surface area contributed by atoms with Crippen molar-refractivity contribution in [2.24, 2.45) is 16.7 Å². The van der Waals surface area contributed by atoms with Gasteiger partial charge in [0.05, 0.1) is 11.8 Å². The number of fused-ring (bicyclic) bond motifs is 1. The van der Waals surface area contributed by atoms with E-state index in [1.54, 1.807) is 12.1 Å². The number of rotatable bonds is 2. The molecule has 0 N–H and O–H groups in total. The zero-order valence-electron chi connectivity index (χ0n) is 15.3. The monoisotopic (exact) mass is 393 g/mol. The van der Waals surface area contributed by atoms with Gasteiger partial charge in [-0.15, -0.1) is 0 Å². The zero-order chi connectivity index (χ0) is 18.9. The van der Waals surface area contributed by atoms with E-state index in [4.69, 9.17) is 11.6 Å². The van der Waals surface area contributed by atoms with E-state index in [-0.39, 0.29) is 22.6 Å². The lowest BCUT2D eigenvalue weighted by atomic mass is 9.69. The molecule has 1 spiro atoms. The quantitative estimate of drug-likeness (QED) is 0.713. The summed E-state index contributed by atoms with van der Waals surface area (Å²) in [5, 5.41) is 0.627. The van der Waals surface area contributed by atoms with Gasteiger partial charge in [0.2, 0.25) is 10.0 Å². The molecule has 1 aromatic carbocycles. The minimum Gasteiger partial charge on any atom is -0.269 e. The number of sulfonamides is 1. The molecule has 2 bridgehead atoms. The van der Waals surface area contributed by atoms with Gasteiger partial charge >= 0.3 is 0 Å². The normalized spacial score (nSPS) is 33.8. The molecule has 0 radical (unpaired) electrons. The molecular weight excluding hydrogens is 370 g/mol. The van der Waals surface area contributed by atoms with Crippen molar-refractivity contribution in [1.29, 1.82) is 0 Å². The molecule has 1 heterocycles. The summed E-state index contributed by atoms with van der Waals surface area (Å²) in [7, 11) is -3.57. The van der Waals surface area contributed by atoms with Gasteiger partial charge in [-0.25, -0.2) is 12.7 Å². The van der Waals surface area contributed by atoms with Crippen molar-refractivity contribution >= 4 is 33.6 Å². The van der Waals surface area contributed by atoms with Crippen LogP contribution in [-0.2, 0) is 14.8 Å². The van der Waals surface area contributed by atoms with Crippen molar-refractivity contribution in [1.82, 2.24) is 4.31 Å². The van der Waals surface area contributed by atoms with Gasteiger partial charge in [-0.05, 0) is 60.8 Å². The van der Waals surface area contributed by atoms with E-state index in [0.29, 0.717) is 10.9 Å². The molecule has 1 amide bonds. The Bertz CT molecular complexity index is 921. The third-order valence-corrected chi connectivity index (χ3v) is 9.56. The van der Waals surface area contributed by atoms with E-state index in [9.17, 15) is 13.2 Å². The first-order valence-electron chi connectivity index (χ1n) is 9.09. The Morgan fingerprint density at radius 1 is 1.35 bits per heavy atom. The second-order valence-electron chi connectivity index (χ2n) is 8.60. The van der Waals surface area contributed by atoms with Crippen molar-refractivity contribution in [3.63, 3.8) is 0 Å². The molecule has 3 atom stereocenters. The summed E-state index contributed by atoms with van der Waals surface area (Å²) in [4.78, 5) is 12.8. The van der Waals surface area contributed by atoms with E-state index >= 15 is 0 Å². The van der Waals surface area contributed by atoms with Gasteiger partial charge in [0.15, 0.2) is 0 Å². The van der Waals surface area contributed by atoms with Crippen LogP contribution in [-0.4, -0.2) is 30.4 Å². The Balaban J connectivity index is 1.64. The third kappa shape index (κ3) is 2.32. The Labute approximate surface area is 160 Å². The first kappa shape index (κ1) is 18.1. The predicted molar refractivity (Wildman–Crippen MR) is 103 cm³/mol. The van der Waals surface area contributed by atoms with E-state index in [1.807, 2.05) is 19.1 Å². The van der Waals surface area contributed by atoms with Gasteiger partial charge in [-0.3, -0.25) is 4.79 Å². The summed E-state index contributed by atoms with van der Waals surface area (Å²) >= 11 is 6.12. The van der Waals surface area contributed by atoms with Gasteiger partial charge in [0.1, 0.15) is 0 Å². The van der Waals surface area contributed by atoms with Crippen LogP contribution in [0.25, 0.3) is 6.08 Å². The molecule has 1 saturated heterocycles. The maximum Gasteiger partial charge on any atom is 0.260 e. The summed E-state index contributed by atoms with van der Waals surface area (Å²) in [6.07, 6.45) is 5.78. The van der Waals surface area contributed by atoms with E-state index < -0.39 is 15.9 Å². The van der Waals surface area contributed by atoms with Gasteiger partial charge in [0, 0.05) is 16.5 Å². The molecule has 140 valence electrons. The van der Waals surface area contributed by atoms with Crippen LogP contribution in [0.2, 0.25) is 5.02 Å². The standard InChI is InChI=1S/C20H24ClNO3S/c1-13-4-5-14(10-16(13)21)6-7-18(23)22-17-11-15-8-9-20(17,19(15,2)3)12-26(22,24)25/h4-7,10,15,17H,8-9,11-12H2,1-3H3/t15-,17-,20+/m0/s1. The molecule has 4 nitrogen and oxygen atoms in total. The van der Waals surface area contributed by atoms with E-state index in [2.05, 4.69) is 13.8 Å². The van der Waals surface area contributed by atoms with Crippen LogP contribution in [0.4, 0.5) is 0 Å². The molecule has 6 heteroatoms. The number of benzene rings is 1. The van der Waals surface area contributed by atoms with Crippen molar-refractivity contribution in [2.75, 3.05) is 5.75 Å². The zero-order valence-corrected chi connectivity index (χ0v) is 16.9. The molecule has 1 aromatic rings. The second-order valence-corrected chi connectivity index (χ2v) is 10.9. The molecule has 2 saturated carbocycles. The average Bonchev–Trinajstić information content (AvgIpc) is 3.03. The minimum atomic E-state index is -3.57. The smallest absolute Gasteiger partial charge is 0.260 e. The van der Waals surface area contributed by atoms with Crippen LogP contribution < -0.4 is 0 Å². The fourth-order valence-corrected chi connectivity index (χ4v) is 8.23. The number of nitrogens with zero attached hydrogens (tertiary/aromatic N) is 1. The Morgan fingerprint density at radius 3 is 2.73 bits per heavy atom. The van der Waals surface area contributed by atoms with Crippen LogP contribution in [0.5, 0.6) is 0 Å². The van der Waals surface area contributed by atoms with Crippen molar-refractivity contribution < 1.29 is 13.2 Å². The largest absolute Gasteiger partial charge is 0.269 e.